The van der Waals surface area contributed by atoms with Crippen molar-refractivity contribution in [1.82, 2.24) is 4.90 Å². The van der Waals surface area contributed by atoms with Crippen LogP contribution in [0.25, 0.3) is 0 Å². The highest BCUT2D eigenvalue weighted by Gasteiger charge is 2.11. The Labute approximate surface area is 109 Å². The van der Waals surface area contributed by atoms with Crippen LogP contribution in [0.15, 0.2) is 18.2 Å². The molecule has 3 nitrogen and oxygen atoms in total. The molecule has 0 atom stereocenters. The van der Waals surface area contributed by atoms with E-state index < -0.39 is 0 Å². The van der Waals surface area contributed by atoms with Crippen molar-refractivity contribution in [2.24, 2.45) is 0 Å². The van der Waals surface area contributed by atoms with Gasteiger partial charge in [0.15, 0.2) is 0 Å². The highest BCUT2D eigenvalue weighted by Crippen LogP contribution is 2.23. The van der Waals surface area contributed by atoms with E-state index in [-0.39, 0.29) is 6.61 Å². The van der Waals surface area contributed by atoms with Crippen LogP contribution in [0.1, 0.15) is 23.1 Å². The average Bonchev–Trinajstić information content (AvgIpc) is 2.82. The van der Waals surface area contributed by atoms with Gasteiger partial charge in [-0.25, -0.2) is 0 Å². The second-order valence-corrected chi connectivity index (χ2v) is 5.03. The highest BCUT2D eigenvalue weighted by atomic mass is 16.5. The Balaban J connectivity index is 1.78. The minimum absolute atomic E-state index is 0.106. The molecule has 0 aromatic heterocycles. The number of ether oxygens (including phenoxy) is 1. The molecule has 0 radical (unpaired) electrons. The minimum Gasteiger partial charge on any atom is -0.394 e. The van der Waals surface area contributed by atoms with Crippen molar-refractivity contribution < 1.29 is 9.84 Å². The van der Waals surface area contributed by atoms with E-state index in [9.17, 15) is 0 Å². The summed E-state index contributed by atoms with van der Waals surface area (Å²) in [7, 11) is 2.11. The van der Waals surface area contributed by atoms with Gasteiger partial charge in [0, 0.05) is 13.1 Å². The lowest BCUT2D eigenvalue weighted by atomic mass is 10.1. The van der Waals surface area contributed by atoms with Crippen LogP contribution in [-0.2, 0) is 24.1 Å². The van der Waals surface area contributed by atoms with Gasteiger partial charge in [-0.1, -0.05) is 18.2 Å². The summed E-state index contributed by atoms with van der Waals surface area (Å²) in [6.45, 7) is 3.09. The lowest BCUT2D eigenvalue weighted by molar-refractivity contribution is 0.0773. The van der Waals surface area contributed by atoms with Crippen LogP contribution in [0.3, 0.4) is 0 Å². The molecule has 0 saturated heterocycles. The van der Waals surface area contributed by atoms with Crippen molar-refractivity contribution in [3.63, 3.8) is 0 Å². The van der Waals surface area contributed by atoms with Crippen LogP contribution >= 0.6 is 0 Å². The number of hydrogen-bond donors (Lipinski definition) is 1. The summed E-state index contributed by atoms with van der Waals surface area (Å²) in [5, 5.41) is 8.62. The van der Waals surface area contributed by atoms with Gasteiger partial charge in [0.2, 0.25) is 0 Å². The Morgan fingerprint density at radius 1 is 1.22 bits per heavy atom. The third-order valence-corrected chi connectivity index (χ3v) is 3.47. The Hall–Kier alpha value is -0.900. The van der Waals surface area contributed by atoms with Gasteiger partial charge in [0.25, 0.3) is 0 Å². The van der Waals surface area contributed by atoms with E-state index in [1.165, 1.54) is 36.0 Å². The van der Waals surface area contributed by atoms with Gasteiger partial charge < -0.3 is 9.84 Å². The Morgan fingerprint density at radius 2 is 2.06 bits per heavy atom. The van der Waals surface area contributed by atoms with Crippen molar-refractivity contribution in [3.8, 4) is 0 Å². The molecule has 0 heterocycles. The maximum absolute atomic E-state index is 8.62. The number of benzene rings is 1. The van der Waals surface area contributed by atoms with Crippen LogP contribution in [0.2, 0.25) is 0 Å². The first kappa shape index (κ1) is 13.5. The summed E-state index contributed by atoms with van der Waals surface area (Å²) in [6.07, 6.45) is 3.80. The molecular weight excluding hydrogens is 226 g/mol. The normalized spacial score (nSPS) is 14.2. The predicted molar refractivity (Wildman–Crippen MR) is 72.7 cm³/mol. The van der Waals surface area contributed by atoms with Crippen LogP contribution in [0.4, 0.5) is 0 Å². The molecule has 0 bridgehead atoms. The fraction of sp³-hybridized carbons (Fsp3) is 0.600. The van der Waals surface area contributed by atoms with E-state index in [1.807, 2.05) is 0 Å². The summed E-state index contributed by atoms with van der Waals surface area (Å²) in [6, 6.07) is 6.89. The first-order valence-electron chi connectivity index (χ1n) is 6.77. The van der Waals surface area contributed by atoms with Crippen LogP contribution in [0.5, 0.6) is 0 Å². The first-order valence-corrected chi connectivity index (χ1v) is 6.77. The molecule has 1 aromatic carbocycles. The monoisotopic (exact) mass is 249 g/mol. The zero-order chi connectivity index (χ0) is 12.8. The number of likely N-dealkylation sites (N-methyl/N-ethyl adjacent to an activating group) is 1. The topological polar surface area (TPSA) is 32.7 Å². The molecule has 0 unspecified atom stereocenters. The summed E-state index contributed by atoms with van der Waals surface area (Å²) in [5.74, 6) is 0. The van der Waals surface area contributed by atoms with Gasteiger partial charge in [-0.05, 0) is 43.0 Å². The van der Waals surface area contributed by atoms with E-state index in [0.717, 1.165) is 13.1 Å². The molecule has 0 saturated carbocycles. The quantitative estimate of drug-likeness (QED) is 0.745. The minimum atomic E-state index is 0.106. The fourth-order valence-electron chi connectivity index (χ4n) is 2.50. The second-order valence-electron chi connectivity index (χ2n) is 5.03. The summed E-state index contributed by atoms with van der Waals surface area (Å²) < 4.78 is 5.27. The summed E-state index contributed by atoms with van der Waals surface area (Å²) >= 11 is 0. The van der Waals surface area contributed by atoms with Crippen molar-refractivity contribution in [2.75, 3.05) is 33.4 Å². The molecule has 0 fully saturated rings. The highest BCUT2D eigenvalue weighted by molar-refractivity contribution is 5.35. The molecule has 1 aliphatic rings. The van der Waals surface area contributed by atoms with E-state index >= 15 is 0 Å². The number of aryl methyl sites for hydroxylation is 2. The maximum atomic E-state index is 8.62. The van der Waals surface area contributed by atoms with E-state index in [0.29, 0.717) is 13.2 Å². The average molecular weight is 249 g/mol. The van der Waals surface area contributed by atoms with Crippen LogP contribution in [-0.4, -0.2) is 43.4 Å². The molecule has 0 amide bonds. The largest absolute Gasteiger partial charge is 0.394 e. The summed E-state index contributed by atoms with van der Waals surface area (Å²) in [4.78, 5) is 2.26. The molecule has 1 aliphatic carbocycles. The standard InChI is InChI=1S/C15H23NO2/c1-16(7-9-18-10-8-17)12-13-5-6-14-3-2-4-15(14)11-13/h5-6,11,17H,2-4,7-10,12H2,1H3. The van der Waals surface area contributed by atoms with Crippen molar-refractivity contribution in [2.45, 2.75) is 25.8 Å². The van der Waals surface area contributed by atoms with Crippen LogP contribution in [0, 0.1) is 0 Å². The van der Waals surface area contributed by atoms with E-state index in [4.69, 9.17) is 9.84 Å². The second kappa shape index (κ2) is 6.88. The number of nitrogens with zero attached hydrogens (tertiary/aromatic N) is 1. The molecule has 0 aliphatic heterocycles. The number of aliphatic hydroxyl groups is 1. The number of rotatable bonds is 7. The van der Waals surface area contributed by atoms with E-state index in [2.05, 4.69) is 30.1 Å². The zero-order valence-electron chi connectivity index (χ0n) is 11.2. The van der Waals surface area contributed by atoms with Gasteiger partial charge in [-0.2, -0.15) is 0 Å². The van der Waals surface area contributed by atoms with E-state index in [1.54, 1.807) is 0 Å². The maximum Gasteiger partial charge on any atom is 0.0698 e. The molecule has 0 spiro atoms. The predicted octanol–water partition coefficient (Wildman–Crippen LogP) is 1.62. The molecule has 2 rings (SSSR count). The van der Waals surface area contributed by atoms with Crippen molar-refractivity contribution >= 4 is 0 Å². The smallest absolute Gasteiger partial charge is 0.0698 e. The Morgan fingerprint density at radius 3 is 2.89 bits per heavy atom. The third kappa shape index (κ3) is 3.80. The fourth-order valence-corrected chi connectivity index (χ4v) is 2.50. The lowest BCUT2D eigenvalue weighted by Crippen LogP contribution is -2.23. The Kier molecular flexibility index (Phi) is 5.17. The molecule has 100 valence electrons. The molecule has 18 heavy (non-hydrogen) atoms. The molecule has 1 N–H and O–H groups in total. The Bertz CT molecular complexity index is 379. The van der Waals surface area contributed by atoms with Crippen molar-refractivity contribution in [3.05, 3.63) is 34.9 Å². The zero-order valence-corrected chi connectivity index (χ0v) is 11.2. The number of fused-ring (bicyclic) bond motifs is 1. The molecular formula is C15H23NO2. The van der Waals surface area contributed by atoms with Crippen LogP contribution < -0.4 is 0 Å². The first-order chi connectivity index (χ1) is 8.79. The van der Waals surface area contributed by atoms with Gasteiger partial charge >= 0.3 is 0 Å². The molecule has 1 aromatic rings. The number of hydrogen-bond acceptors (Lipinski definition) is 3. The molecule has 3 heteroatoms. The third-order valence-electron chi connectivity index (χ3n) is 3.47. The van der Waals surface area contributed by atoms with Crippen molar-refractivity contribution in [1.29, 1.82) is 0 Å². The summed E-state index contributed by atoms with van der Waals surface area (Å²) in [5.41, 5.74) is 4.46. The number of aliphatic hydroxyl groups excluding tert-OH is 1. The van der Waals surface area contributed by atoms with Gasteiger partial charge in [0.1, 0.15) is 0 Å². The van der Waals surface area contributed by atoms with Gasteiger partial charge in [0.05, 0.1) is 19.8 Å². The lowest BCUT2D eigenvalue weighted by Gasteiger charge is -2.17. The van der Waals surface area contributed by atoms with Gasteiger partial charge in [-0.3, -0.25) is 4.90 Å². The SMILES string of the molecule is CN(CCOCCO)Cc1ccc2c(c1)CCC2. The van der Waals surface area contributed by atoms with Gasteiger partial charge in [-0.15, -0.1) is 0 Å².